The molecule has 6 atom stereocenters. The van der Waals surface area contributed by atoms with Crippen molar-refractivity contribution in [3.05, 3.63) is 63.8 Å². The van der Waals surface area contributed by atoms with Crippen molar-refractivity contribution in [3.8, 4) is 5.75 Å². The van der Waals surface area contributed by atoms with Crippen LogP contribution < -0.4 is 10.1 Å². The lowest BCUT2D eigenvalue weighted by atomic mass is 9.79. The van der Waals surface area contributed by atoms with E-state index in [0.29, 0.717) is 12.2 Å². The minimum absolute atomic E-state index is 0.144. The number of nitrogens with one attached hydrogen (secondary N) is 1. The lowest BCUT2D eigenvalue weighted by Crippen LogP contribution is -2.53. The summed E-state index contributed by atoms with van der Waals surface area (Å²) in [5, 5.41) is 12.1. The Hall–Kier alpha value is -4.45. The van der Waals surface area contributed by atoms with Crippen LogP contribution in [0.5, 0.6) is 5.75 Å². The number of ether oxygens (including phenoxy) is 5. The number of carbonyl (C=O) groups is 5. The number of carbonyl (C=O) groups excluding carboxylic acids is 4. The maximum absolute atomic E-state index is 13.0. The molecular weight excluding hydrogens is 694 g/mol. The lowest BCUT2D eigenvalue weighted by molar-refractivity contribution is -0.216. The fraction of sp³-hybridized carbons (Fsp3) is 0.595. The van der Waals surface area contributed by atoms with E-state index in [9.17, 15) is 29.1 Å². The monoisotopic (exact) mass is 753 g/mol. The first-order valence-electron chi connectivity index (χ1n) is 18.6. The summed E-state index contributed by atoms with van der Waals surface area (Å²) in [6, 6.07) is 4.14. The summed E-state index contributed by atoms with van der Waals surface area (Å²) in [7, 11) is 1.59. The van der Waals surface area contributed by atoms with Gasteiger partial charge in [-0.3, -0.25) is 19.2 Å². The largest absolute Gasteiger partial charge is 0.496 e. The predicted molar refractivity (Wildman–Crippen MR) is 203 cm³/mol. The summed E-state index contributed by atoms with van der Waals surface area (Å²) >= 11 is 0. The molecular formula is C42H59NO11. The number of esters is 3. The molecule has 0 saturated carbocycles. The Labute approximate surface area is 319 Å². The van der Waals surface area contributed by atoms with Crippen molar-refractivity contribution < 1.29 is 52.8 Å². The molecule has 1 fully saturated rings. The minimum Gasteiger partial charge on any atom is -0.496 e. The Morgan fingerprint density at radius 2 is 1.69 bits per heavy atom. The predicted octanol–water partition coefficient (Wildman–Crippen LogP) is 6.85. The van der Waals surface area contributed by atoms with E-state index >= 15 is 0 Å². The zero-order valence-corrected chi connectivity index (χ0v) is 33.9. The Morgan fingerprint density at radius 3 is 2.24 bits per heavy atom. The van der Waals surface area contributed by atoms with Gasteiger partial charge in [0.05, 0.1) is 18.6 Å². The number of carboxylic acid groups (broad SMARTS) is 1. The molecule has 1 amide bonds. The first-order chi connectivity index (χ1) is 25.1. The highest BCUT2D eigenvalue weighted by Crippen LogP contribution is 2.43. The molecule has 298 valence electrons. The zero-order valence-electron chi connectivity index (χ0n) is 33.9. The molecule has 54 heavy (non-hydrogen) atoms. The van der Waals surface area contributed by atoms with Crippen LogP contribution in [0.4, 0.5) is 0 Å². The van der Waals surface area contributed by atoms with Gasteiger partial charge in [-0.1, -0.05) is 50.1 Å². The van der Waals surface area contributed by atoms with E-state index in [1.807, 2.05) is 18.2 Å². The molecule has 1 aliphatic heterocycles. The quantitative estimate of drug-likeness (QED) is 0.142. The summed E-state index contributed by atoms with van der Waals surface area (Å²) in [5.74, 6) is -2.19. The molecule has 3 rings (SSSR count). The molecule has 0 bridgehead atoms. The maximum atomic E-state index is 13.0. The fourth-order valence-corrected chi connectivity index (χ4v) is 6.73. The van der Waals surface area contributed by atoms with Gasteiger partial charge < -0.3 is 34.1 Å². The molecule has 12 heteroatoms. The van der Waals surface area contributed by atoms with Gasteiger partial charge in [0.15, 0.2) is 6.10 Å². The van der Waals surface area contributed by atoms with Crippen molar-refractivity contribution in [3.63, 3.8) is 0 Å². The number of hydrogen-bond donors (Lipinski definition) is 2. The molecule has 0 radical (unpaired) electrons. The topological polar surface area (TPSA) is 164 Å². The molecule has 1 aromatic carbocycles. The lowest BCUT2D eigenvalue weighted by Gasteiger charge is -2.40. The van der Waals surface area contributed by atoms with Gasteiger partial charge in [0.2, 0.25) is 5.91 Å². The number of hydrogen-bond acceptors (Lipinski definition) is 10. The van der Waals surface area contributed by atoms with E-state index in [2.05, 4.69) is 45.2 Å². The van der Waals surface area contributed by atoms with E-state index in [1.165, 1.54) is 40.2 Å². The van der Waals surface area contributed by atoms with Crippen LogP contribution >= 0.6 is 0 Å². The molecule has 1 aliphatic carbocycles. The van der Waals surface area contributed by atoms with Gasteiger partial charge in [-0.05, 0) is 94.5 Å². The van der Waals surface area contributed by atoms with Crippen LogP contribution in [0.3, 0.4) is 0 Å². The van der Waals surface area contributed by atoms with Crippen LogP contribution in [0, 0.1) is 11.3 Å². The third-order valence-electron chi connectivity index (χ3n) is 10.3. The zero-order chi connectivity index (χ0) is 40.7. The van der Waals surface area contributed by atoms with Crippen LogP contribution in [0.25, 0.3) is 0 Å². The van der Waals surface area contributed by atoms with E-state index in [1.54, 1.807) is 21.0 Å². The van der Waals surface area contributed by atoms with Crippen LogP contribution in [-0.2, 0) is 49.3 Å². The molecule has 2 aliphatic rings. The van der Waals surface area contributed by atoms with Gasteiger partial charge in [-0.15, -0.1) is 0 Å². The highest BCUT2D eigenvalue weighted by Gasteiger charge is 2.45. The third-order valence-corrected chi connectivity index (χ3v) is 10.3. The average molecular weight is 754 g/mol. The Bertz CT molecular complexity index is 1680. The van der Waals surface area contributed by atoms with E-state index in [-0.39, 0.29) is 30.8 Å². The van der Waals surface area contributed by atoms with Crippen LogP contribution in [0.2, 0.25) is 0 Å². The number of methoxy groups -OCH3 is 1. The summed E-state index contributed by atoms with van der Waals surface area (Å²) < 4.78 is 29.0. The highest BCUT2D eigenvalue weighted by molar-refractivity contribution is 5.90. The van der Waals surface area contributed by atoms with Crippen LogP contribution in [0.1, 0.15) is 124 Å². The standard InChI is InChI=1S/C42H59NO11/c1-13-23(2)32-20-34(50-12)33(35-21-36(52-27(6)45)38(53-28(7)46)37(54-35)22-51-26(5)44)19-31(32)18-30-17-24(3)29(16-25(30)4)14-15-41(8,9)39(47)43-42(10,11)40(48)49/h14-16,19-20,23-24,35-38H,13,17-18,21-22H2,1-12H3,(H,43,47)(H,48,49). The second-order valence-corrected chi connectivity index (χ2v) is 15.7. The SMILES string of the molecule is CCC(C)c1cc(OC)c(C2CC(OC(C)=O)C(OC(C)=O)C(COC(C)=O)O2)cc1CC1=C(C)C=C(C=CC(C)(C)C(=O)NC(C)(C)C(=O)O)C(C)C1. The summed E-state index contributed by atoms with van der Waals surface area (Å²) in [5.41, 5.74) is 4.07. The van der Waals surface area contributed by atoms with Crippen molar-refractivity contribution in [2.75, 3.05) is 13.7 Å². The first kappa shape index (κ1) is 44.0. The molecule has 0 spiro atoms. The molecule has 0 aromatic heterocycles. The van der Waals surface area contributed by atoms with Crippen molar-refractivity contribution in [1.29, 1.82) is 0 Å². The number of aliphatic carboxylic acids is 1. The molecule has 2 N–H and O–H groups in total. The molecule has 1 saturated heterocycles. The average Bonchev–Trinajstić information content (AvgIpc) is 3.07. The fourth-order valence-electron chi connectivity index (χ4n) is 6.73. The molecule has 1 heterocycles. The number of amides is 1. The van der Waals surface area contributed by atoms with Gasteiger partial charge in [-0.25, -0.2) is 4.79 Å². The van der Waals surface area contributed by atoms with Gasteiger partial charge in [0.1, 0.15) is 30.1 Å². The smallest absolute Gasteiger partial charge is 0.328 e. The molecule has 1 aromatic rings. The number of carboxylic acids is 1. The molecule has 6 unspecified atom stereocenters. The normalized spacial score (nSPS) is 22.6. The van der Waals surface area contributed by atoms with Gasteiger partial charge >= 0.3 is 23.9 Å². The number of rotatable bonds is 15. The summed E-state index contributed by atoms with van der Waals surface area (Å²) in [6.07, 6.45) is 5.02. The Balaban J connectivity index is 2.04. The van der Waals surface area contributed by atoms with Crippen molar-refractivity contribution in [2.45, 2.75) is 138 Å². The maximum Gasteiger partial charge on any atom is 0.328 e. The van der Waals surface area contributed by atoms with Crippen LogP contribution in [-0.4, -0.2) is 72.5 Å². The van der Waals surface area contributed by atoms with Gasteiger partial charge in [-0.2, -0.15) is 0 Å². The van der Waals surface area contributed by atoms with Crippen molar-refractivity contribution in [2.24, 2.45) is 11.3 Å². The number of benzene rings is 1. The Kier molecular flexibility index (Phi) is 14.9. The van der Waals surface area contributed by atoms with E-state index < -0.39 is 59.2 Å². The highest BCUT2D eigenvalue weighted by atomic mass is 16.6. The first-order valence-corrected chi connectivity index (χ1v) is 18.6. The van der Waals surface area contributed by atoms with E-state index in [0.717, 1.165) is 40.7 Å². The van der Waals surface area contributed by atoms with E-state index in [4.69, 9.17) is 23.7 Å². The summed E-state index contributed by atoms with van der Waals surface area (Å²) in [6.45, 7) is 18.6. The molecule has 12 nitrogen and oxygen atoms in total. The summed E-state index contributed by atoms with van der Waals surface area (Å²) in [4.78, 5) is 60.7. The van der Waals surface area contributed by atoms with Gasteiger partial charge in [0.25, 0.3) is 0 Å². The minimum atomic E-state index is -1.39. The van der Waals surface area contributed by atoms with Gasteiger partial charge in [0, 0.05) is 32.8 Å². The van der Waals surface area contributed by atoms with Crippen molar-refractivity contribution >= 4 is 29.8 Å². The van der Waals surface area contributed by atoms with Crippen molar-refractivity contribution in [1.82, 2.24) is 5.32 Å². The second-order valence-electron chi connectivity index (χ2n) is 15.7. The third kappa shape index (κ3) is 11.3. The Morgan fingerprint density at radius 1 is 1.04 bits per heavy atom. The van der Waals surface area contributed by atoms with Crippen LogP contribution in [0.15, 0.2) is 47.1 Å². The second kappa shape index (κ2) is 18.3. The number of allylic oxidation sites excluding steroid dienone is 5.